The molecule has 1 aliphatic heterocycles. The molecule has 1 unspecified atom stereocenters. The van der Waals surface area contributed by atoms with Crippen LogP contribution in [0.3, 0.4) is 0 Å². The van der Waals surface area contributed by atoms with Gasteiger partial charge in [0, 0.05) is 35.3 Å². The summed E-state index contributed by atoms with van der Waals surface area (Å²) in [6.45, 7) is 0.508. The monoisotopic (exact) mass is 400 g/mol. The van der Waals surface area contributed by atoms with Crippen LogP contribution >= 0.6 is 11.6 Å². The van der Waals surface area contributed by atoms with Crippen molar-refractivity contribution < 1.29 is 18.9 Å². The van der Waals surface area contributed by atoms with Crippen LogP contribution in [-0.4, -0.2) is 38.3 Å². The number of hydrogen-bond donors (Lipinski definition) is 0. The quantitative estimate of drug-likeness (QED) is 0.638. The highest BCUT2D eigenvalue weighted by molar-refractivity contribution is 6.35. The molecule has 0 saturated carbocycles. The summed E-state index contributed by atoms with van der Waals surface area (Å²) < 4.78 is 24.4. The van der Waals surface area contributed by atoms with Gasteiger partial charge in [0.2, 0.25) is 11.6 Å². The van der Waals surface area contributed by atoms with E-state index >= 15 is 0 Å². The van der Waals surface area contributed by atoms with E-state index in [1.165, 1.54) is 0 Å². The summed E-state index contributed by atoms with van der Waals surface area (Å²) in [6, 6.07) is 9.81. The van der Waals surface area contributed by atoms with Gasteiger partial charge in [0.1, 0.15) is 6.10 Å². The van der Waals surface area contributed by atoms with Crippen LogP contribution in [-0.2, 0) is 11.8 Å². The molecule has 0 bridgehead atoms. The number of aliphatic imine (C=N–C) groups is 1. The molecule has 0 N–H and O–H groups in total. The molecule has 28 heavy (non-hydrogen) atoms. The number of ether oxygens (including phenoxy) is 4. The van der Waals surface area contributed by atoms with Crippen molar-refractivity contribution in [1.29, 1.82) is 0 Å². The molecule has 4 rings (SSSR count). The minimum Gasteiger partial charge on any atom is -0.493 e. The number of hydrogen-bond acceptors (Lipinski definition) is 5. The summed E-state index contributed by atoms with van der Waals surface area (Å²) >= 11 is 6.34. The van der Waals surface area contributed by atoms with Crippen molar-refractivity contribution in [3.05, 3.63) is 52.7 Å². The second kappa shape index (κ2) is 7.28. The van der Waals surface area contributed by atoms with Crippen LogP contribution in [0.15, 0.2) is 41.5 Å². The zero-order chi connectivity index (χ0) is 19.8. The standard InChI is InChI=1S/C21H21ClN2O4/c1-24-11-15(22)14-7-12(5-6-16(14)24)21-23-10-19(28-21)13-8-17(25-2)20(27-4)18(9-13)26-3/h5-9,11,19H,10H2,1-4H3. The van der Waals surface area contributed by atoms with E-state index in [1.54, 1.807) is 21.3 Å². The Bertz CT molecular complexity index is 1050. The summed E-state index contributed by atoms with van der Waals surface area (Å²) in [6.07, 6.45) is 1.66. The zero-order valence-corrected chi connectivity index (χ0v) is 16.9. The number of aromatic nitrogens is 1. The summed E-state index contributed by atoms with van der Waals surface area (Å²) in [5.74, 6) is 2.33. The average Bonchev–Trinajstić information content (AvgIpc) is 3.32. The zero-order valence-electron chi connectivity index (χ0n) is 16.2. The first kappa shape index (κ1) is 18.5. The lowest BCUT2D eigenvalue weighted by Crippen LogP contribution is -2.07. The molecule has 6 nitrogen and oxygen atoms in total. The second-order valence-corrected chi connectivity index (χ2v) is 6.94. The molecule has 146 valence electrons. The Balaban J connectivity index is 1.63. The molecular weight excluding hydrogens is 380 g/mol. The predicted octanol–water partition coefficient (Wildman–Crippen LogP) is 4.38. The fourth-order valence-corrected chi connectivity index (χ4v) is 3.77. The second-order valence-electron chi connectivity index (χ2n) is 6.53. The first-order chi connectivity index (χ1) is 13.5. The third-order valence-corrected chi connectivity index (χ3v) is 5.20. The molecule has 0 radical (unpaired) electrons. The molecule has 0 amide bonds. The first-order valence-corrected chi connectivity index (χ1v) is 9.19. The third kappa shape index (κ3) is 3.03. The summed E-state index contributed by atoms with van der Waals surface area (Å²) in [4.78, 5) is 4.59. The van der Waals surface area contributed by atoms with Crippen molar-refractivity contribution >= 4 is 28.4 Å². The number of aryl methyl sites for hydroxylation is 1. The van der Waals surface area contributed by atoms with E-state index in [0.29, 0.717) is 34.7 Å². The number of benzene rings is 2. The number of rotatable bonds is 5. The van der Waals surface area contributed by atoms with Gasteiger partial charge in [0.15, 0.2) is 11.5 Å². The molecule has 1 atom stereocenters. The van der Waals surface area contributed by atoms with Gasteiger partial charge in [-0.25, -0.2) is 4.99 Å². The molecule has 2 aromatic carbocycles. The van der Waals surface area contributed by atoms with Crippen LogP contribution in [0.25, 0.3) is 10.9 Å². The molecule has 1 aromatic heterocycles. The fourth-order valence-electron chi connectivity index (χ4n) is 3.47. The summed E-state index contributed by atoms with van der Waals surface area (Å²) in [7, 11) is 6.74. The topological polar surface area (TPSA) is 54.2 Å². The lowest BCUT2D eigenvalue weighted by Gasteiger charge is -2.17. The van der Waals surface area contributed by atoms with E-state index in [2.05, 4.69) is 4.99 Å². The highest BCUT2D eigenvalue weighted by atomic mass is 35.5. The lowest BCUT2D eigenvalue weighted by atomic mass is 10.1. The van der Waals surface area contributed by atoms with Gasteiger partial charge < -0.3 is 23.5 Å². The summed E-state index contributed by atoms with van der Waals surface area (Å²) in [5.41, 5.74) is 2.87. The van der Waals surface area contributed by atoms with E-state index in [9.17, 15) is 0 Å². The van der Waals surface area contributed by atoms with Crippen LogP contribution < -0.4 is 14.2 Å². The van der Waals surface area contributed by atoms with Crippen LogP contribution in [0, 0.1) is 0 Å². The Kier molecular flexibility index (Phi) is 4.81. The molecular formula is C21H21ClN2O4. The van der Waals surface area contributed by atoms with Crippen LogP contribution in [0.4, 0.5) is 0 Å². The maximum absolute atomic E-state index is 6.34. The van der Waals surface area contributed by atoms with Crippen LogP contribution in [0.2, 0.25) is 5.02 Å². The van der Waals surface area contributed by atoms with Gasteiger partial charge in [-0.1, -0.05) is 11.6 Å². The van der Waals surface area contributed by atoms with Crippen molar-refractivity contribution in [1.82, 2.24) is 4.57 Å². The van der Waals surface area contributed by atoms with Gasteiger partial charge in [-0.15, -0.1) is 0 Å². The SMILES string of the molecule is COc1cc(C2CN=C(c3ccc4c(c3)c(Cl)cn4C)O2)cc(OC)c1OC. The molecule has 1 aliphatic rings. The van der Waals surface area contributed by atoms with Crippen molar-refractivity contribution in [3.63, 3.8) is 0 Å². The highest BCUT2D eigenvalue weighted by Gasteiger charge is 2.26. The molecule has 0 spiro atoms. The van der Waals surface area contributed by atoms with Crippen LogP contribution in [0.5, 0.6) is 17.2 Å². The lowest BCUT2D eigenvalue weighted by molar-refractivity contribution is 0.228. The molecule has 0 aliphatic carbocycles. The van der Waals surface area contributed by atoms with E-state index in [-0.39, 0.29) is 6.10 Å². The Morgan fingerprint density at radius 1 is 1.07 bits per heavy atom. The fraction of sp³-hybridized carbons (Fsp3) is 0.286. The maximum atomic E-state index is 6.34. The smallest absolute Gasteiger partial charge is 0.216 e. The van der Waals surface area contributed by atoms with Gasteiger partial charge in [0.25, 0.3) is 0 Å². The van der Waals surface area contributed by atoms with E-state index < -0.39 is 0 Å². The third-order valence-electron chi connectivity index (χ3n) is 4.90. The molecule has 3 aromatic rings. The van der Waals surface area contributed by atoms with Crippen molar-refractivity contribution in [2.45, 2.75) is 6.10 Å². The Morgan fingerprint density at radius 3 is 2.43 bits per heavy atom. The number of fused-ring (bicyclic) bond motifs is 1. The minimum absolute atomic E-state index is 0.231. The first-order valence-electron chi connectivity index (χ1n) is 8.81. The normalized spacial score (nSPS) is 16.0. The average molecular weight is 401 g/mol. The van der Waals surface area contributed by atoms with E-state index in [4.69, 9.17) is 30.5 Å². The Labute approximate surface area is 168 Å². The van der Waals surface area contributed by atoms with Gasteiger partial charge in [0.05, 0.1) is 32.9 Å². The van der Waals surface area contributed by atoms with Gasteiger partial charge in [-0.3, -0.25) is 0 Å². The Hall–Kier alpha value is -2.86. The van der Waals surface area contributed by atoms with Crippen molar-refractivity contribution in [2.24, 2.45) is 12.0 Å². The number of halogens is 1. The predicted molar refractivity (Wildman–Crippen MR) is 109 cm³/mol. The number of methoxy groups -OCH3 is 3. The largest absolute Gasteiger partial charge is 0.493 e. The molecule has 0 fully saturated rings. The highest BCUT2D eigenvalue weighted by Crippen LogP contribution is 2.41. The molecule has 0 saturated heterocycles. The van der Waals surface area contributed by atoms with E-state index in [1.807, 2.05) is 48.1 Å². The Morgan fingerprint density at radius 2 is 1.79 bits per heavy atom. The van der Waals surface area contributed by atoms with Gasteiger partial charge in [-0.05, 0) is 30.3 Å². The van der Waals surface area contributed by atoms with Crippen molar-refractivity contribution in [2.75, 3.05) is 27.9 Å². The minimum atomic E-state index is -0.231. The summed E-state index contributed by atoms with van der Waals surface area (Å²) in [5, 5.41) is 1.68. The molecule has 2 heterocycles. The van der Waals surface area contributed by atoms with Crippen molar-refractivity contribution in [3.8, 4) is 17.2 Å². The van der Waals surface area contributed by atoms with Crippen LogP contribution in [0.1, 0.15) is 17.2 Å². The van der Waals surface area contributed by atoms with Gasteiger partial charge >= 0.3 is 0 Å². The molecule has 7 heteroatoms. The number of nitrogens with zero attached hydrogens (tertiary/aromatic N) is 2. The van der Waals surface area contributed by atoms with E-state index in [0.717, 1.165) is 22.0 Å². The maximum Gasteiger partial charge on any atom is 0.216 e. The van der Waals surface area contributed by atoms with Gasteiger partial charge in [-0.2, -0.15) is 0 Å².